The number of nitrogens with zero attached hydrogens (tertiary/aromatic N) is 1. The number of hydrogen-bond donors (Lipinski definition) is 1. The molecule has 1 aromatic rings. The minimum atomic E-state index is -0.210. The Hall–Kier alpha value is -1.84. The fourth-order valence-electron chi connectivity index (χ4n) is 1.52. The Balaban J connectivity index is 2.42. The number of hydrogen-bond acceptors (Lipinski definition) is 4. The molecule has 0 aromatic heterocycles. The van der Waals surface area contributed by atoms with E-state index in [9.17, 15) is 4.79 Å². The van der Waals surface area contributed by atoms with Gasteiger partial charge < -0.3 is 9.94 Å². The average Bonchev–Trinajstić information content (AvgIpc) is 2.36. The highest BCUT2D eigenvalue weighted by atomic mass is 16.5. The van der Waals surface area contributed by atoms with Crippen molar-refractivity contribution in [1.29, 1.82) is 0 Å². The van der Waals surface area contributed by atoms with Gasteiger partial charge in [0.15, 0.2) is 0 Å². The van der Waals surface area contributed by atoms with Crippen LogP contribution in [0.1, 0.15) is 31.7 Å². The van der Waals surface area contributed by atoms with E-state index in [0.29, 0.717) is 31.6 Å². The Bertz CT molecular complexity index is 374. The van der Waals surface area contributed by atoms with Gasteiger partial charge in [0, 0.05) is 6.42 Å². The molecule has 0 saturated carbocycles. The number of carbonyl (C=O) groups excluding carboxylic acids is 1. The summed E-state index contributed by atoms with van der Waals surface area (Å²) in [5.41, 5.74) is 1.47. The number of ether oxygens (including phenoxy) is 1. The molecule has 0 aliphatic rings. The first kappa shape index (κ1) is 13.2. The van der Waals surface area contributed by atoms with Crippen molar-refractivity contribution in [3.8, 4) is 0 Å². The van der Waals surface area contributed by atoms with E-state index in [1.54, 1.807) is 6.92 Å². The van der Waals surface area contributed by atoms with Gasteiger partial charge in [-0.05, 0) is 25.3 Å². The summed E-state index contributed by atoms with van der Waals surface area (Å²) < 4.78 is 4.82. The van der Waals surface area contributed by atoms with Crippen LogP contribution in [0.4, 0.5) is 0 Å². The lowest BCUT2D eigenvalue weighted by molar-refractivity contribution is -0.143. The standard InChI is InChI=1S/C13H17NO3/c1-2-17-13(15)10-6-9-12(14-16)11-7-4-3-5-8-11/h3-5,7-8,16H,2,6,9-10H2,1H3. The number of esters is 1. The summed E-state index contributed by atoms with van der Waals surface area (Å²) >= 11 is 0. The summed E-state index contributed by atoms with van der Waals surface area (Å²) in [6.45, 7) is 2.18. The summed E-state index contributed by atoms with van der Waals surface area (Å²) in [4.78, 5) is 11.1. The van der Waals surface area contributed by atoms with Gasteiger partial charge in [0.25, 0.3) is 0 Å². The second-order valence-electron chi connectivity index (χ2n) is 3.57. The van der Waals surface area contributed by atoms with Crippen molar-refractivity contribution in [2.24, 2.45) is 5.16 Å². The van der Waals surface area contributed by atoms with Crippen LogP contribution in [0.25, 0.3) is 0 Å². The Morgan fingerprint density at radius 2 is 2.00 bits per heavy atom. The molecule has 0 radical (unpaired) electrons. The fraction of sp³-hybridized carbons (Fsp3) is 0.385. The van der Waals surface area contributed by atoms with Crippen molar-refractivity contribution in [3.05, 3.63) is 35.9 Å². The summed E-state index contributed by atoms with van der Waals surface area (Å²) in [5, 5.41) is 12.2. The molecule has 0 fully saturated rings. The second kappa shape index (κ2) is 7.44. The number of benzene rings is 1. The van der Waals surface area contributed by atoms with E-state index in [1.807, 2.05) is 30.3 Å². The van der Waals surface area contributed by atoms with Crippen LogP contribution in [0.3, 0.4) is 0 Å². The molecule has 0 amide bonds. The maximum atomic E-state index is 11.1. The minimum absolute atomic E-state index is 0.210. The Labute approximate surface area is 101 Å². The van der Waals surface area contributed by atoms with Gasteiger partial charge in [0.1, 0.15) is 0 Å². The Morgan fingerprint density at radius 3 is 2.59 bits per heavy atom. The molecule has 0 unspecified atom stereocenters. The smallest absolute Gasteiger partial charge is 0.305 e. The van der Waals surface area contributed by atoms with Gasteiger partial charge in [-0.25, -0.2) is 0 Å². The lowest BCUT2D eigenvalue weighted by Gasteiger charge is -2.04. The van der Waals surface area contributed by atoms with Crippen LogP contribution >= 0.6 is 0 Å². The van der Waals surface area contributed by atoms with Gasteiger partial charge in [-0.1, -0.05) is 35.5 Å². The van der Waals surface area contributed by atoms with Crippen LogP contribution in [0.15, 0.2) is 35.5 Å². The van der Waals surface area contributed by atoms with Crippen molar-refractivity contribution in [1.82, 2.24) is 0 Å². The number of carbonyl (C=O) groups is 1. The fourth-order valence-corrected chi connectivity index (χ4v) is 1.52. The SMILES string of the molecule is CCOC(=O)CCCC(=NO)c1ccccc1. The molecule has 17 heavy (non-hydrogen) atoms. The third-order valence-corrected chi connectivity index (χ3v) is 2.33. The molecule has 1 aromatic carbocycles. The summed E-state index contributed by atoms with van der Waals surface area (Å²) in [6.07, 6.45) is 1.52. The quantitative estimate of drug-likeness (QED) is 0.357. The van der Waals surface area contributed by atoms with E-state index in [0.717, 1.165) is 5.56 Å². The van der Waals surface area contributed by atoms with Crippen molar-refractivity contribution >= 4 is 11.7 Å². The zero-order valence-electron chi connectivity index (χ0n) is 9.93. The molecule has 0 bridgehead atoms. The van der Waals surface area contributed by atoms with Crippen molar-refractivity contribution < 1.29 is 14.7 Å². The van der Waals surface area contributed by atoms with Gasteiger partial charge in [-0.15, -0.1) is 0 Å². The topological polar surface area (TPSA) is 58.9 Å². The molecule has 92 valence electrons. The lowest BCUT2D eigenvalue weighted by atomic mass is 10.0. The predicted molar refractivity (Wildman–Crippen MR) is 65.2 cm³/mol. The molecular weight excluding hydrogens is 218 g/mol. The third kappa shape index (κ3) is 4.68. The van der Waals surface area contributed by atoms with E-state index < -0.39 is 0 Å². The van der Waals surface area contributed by atoms with Crippen LogP contribution in [-0.2, 0) is 9.53 Å². The molecule has 0 saturated heterocycles. The maximum Gasteiger partial charge on any atom is 0.305 e. The van der Waals surface area contributed by atoms with Crippen molar-refractivity contribution in [2.75, 3.05) is 6.61 Å². The second-order valence-corrected chi connectivity index (χ2v) is 3.57. The first-order valence-corrected chi connectivity index (χ1v) is 5.70. The molecule has 0 atom stereocenters. The van der Waals surface area contributed by atoms with Gasteiger partial charge in [-0.2, -0.15) is 0 Å². The molecule has 1 N–H and O–H groups in total. The van der Waals surface area contributed by atoms with Gasteiger partial charge in [0.05, 0.1) is 12.3 Å². The summed E-state index contributed by atoms with van der Waals surface area (Å²) in [5.74, 6) is -0.210. The molecule has 0 aliphatic heterocycles. The molecule has 0 aliphatic carbocycles. The van der Waals surface area contributed by atoms with E-state index in [4.69, 9.17) is 9.94 Å². The maximum absolute atomic E-state index is 11.1. The van der Waals surface area contributed by atoms with E-state index in [2.05, 4.69) is 5.16 Å². The first-order chi connectivity index (χ1) is 8.27. The van der Waals surface area contributed by atoms with Crippen LogP contribution in [0, 0.1) is 0 Å². The van der Waals surface area contributed by atoms with Crippen LogP contribution in [0.2, 0.25) is 0 Å². The number of rotatable bonds is 6. The predicted octanol–water partition coefficient (Wildman–Crippen LogP) is 2.60. The van der Waals surface area contributed by atoms with E-state index >= 15 is 0 Å². The summed E-state index contributed by atoms with van der Waals surface area (Å²) in [6, 6.07) is 9.41. The summed E-state index contributed by atoms with van der Waals surface area (Å²) in [7, 11) is 0. The average molecular weight is 235 g/mol. The molecule has 4 nitrogen and oxygen atoms in total. The number of oxime groups is 1. The zero-order valence-corrected chi connectivity index (χ0v) is 9.93. The van der Waals surface area contributed by atoms with Crippen molar-refractivity contribution in [3.63, 3.8) is 0 Å². The highest BCUT2D eigenvalue weighted by Gasteiger charge is 2.06. The van der Waals surface area contributed by atoms with Crippen LogP contribution < -0.4 is 0 Å². The molecule has 0 spiro atoms. The zero-order chi connectivity index (χ0) is 12.5. The third-order valence-electron chi connectivity index (χ3n) is 2.33. The molecule has 4 heteroatoms. The molecular formula is C13H17NO3. The largest absolute Gasteiger partial charge is 0.466 e. The Morgan fingerprint density at radius 1 is 1.29 bits per heavy atom. The lowest BCUT2D eigenvalue weighted by Crippen LogP contribution is -2.06. The normalized spacial score (nSPS) is 11.2. The van der Waals surface area contributed by atoms with E-state index in [1.165, 1.54) is 0 Å². The van der Waals surface area contributed by atoms with Gasteiger partial charge in [0.2, 0.25) is 0 Å². The molecule has 1 rings (SSSR count). The van der Waals surface area contributed by atoms with Crippen LogP contribution in [-0.4, -0.2) is 23.5 Å². The highest BCUT2D eigenvalue weighted by molar-refractivity contribution is 6.00. The van der Waals surface area contributed by atoms with Crippen LogP contribution in [0.5, 0.6) is 0 Å². The highest BCUT2D eigenvalue weighted by Crippen LogP contribution is 2.08. The van der Waals surface area contributed by atoms with Gasteiger partial charge >= 0.3 is 5.97 Å². The van der Waals surface area contributed by atoms with Crippen molar-refractivity contribution in [2.45, 2.75) is 26.2 Å². The first-order valence-electron chi connectivity index (χ1n) is 5.70. The van der Waals surface area contributed by atoms with Gasteiger partial charge in [-0.3, -0.25) is 4.79 Å². The Kier molecular flexibility index (Phi) is 5.79. The van der Waals surface area contributed by atoms with E-state index in [-0.39, 0.29) is 5.97 Å². The minimum Gasteiger partial charge on any atom is -0.466 e. The monoisotopic (exact) mass is 235 g/mol. The molecule has 0 heterocycles.